The van der Waals surface area contributed by atoms with Gasteiger partial charge in [-0.15, -0.1) is 0 Å². The Kier molecular flexibility index (Phi) is 7.74. The van der Waals surface area contributed by atoms with Crippen LogP contribution in [-0.4, -0.2) is 26.3 Å². The Balaban J connectivity index is 2.00. The topological polar surface area (TPSA) is 54.0 Å². The van der Waals surface area contributed by atoms with Gasteiger partial charge >= 0.3 is 5.97 Å². The number of hydrogen-bond acceptors (Lipinski definition) is 5. The number of esters is 1. The predicted molar refractivity (Wildman–Crippen MR) is 105 cm³/mol. The summed E-state index contributed by atoms with van der Waals surface area (Å²) in [6.45, 7) is 8.89. The minimum absolute atomic E-state index is 0.353. The van der Waals surface area contributed by atoms with Crippen LogP contribution < -0.4 is 18.9 Å². The summed E-state index contributed by atoms with van der Waals surface area (Å²) < 4.78 is 21.9. The monoisotopic (exact) mass is 370 g/mol. The van der Waals surface area contributed by atoms with Crippen LogP contribution in [0.2, 0.25) is 0 Å². The van der Waals surface area contributed by atoms with Crippen molar-refractivity contribution >= 4 is 5.97 Å². The second kappa shape index (κ2) is 10.3. The lowest BCUT2D eigenvalue weighted by Crippen LogP contribution is -2.09. The van der Waals surface area contributed by atoms with Crippen molar-refractivity contribution in [3.63, 3.8) is 0 Å². The van der Waals surface area contributed by atoms with Crippen molar-refractivity contribution in [2.45, 2.75) is 20.3 Å². The molecule has 0 aliphatic rings. The molecule has 0 aliphatic heterocycles. The van der Waals surface area contributed by atoms with Gasteiger partial charge in [0.2, 0.25) is 0 Å². The largest absolute Gasteiger partial charge is 0.493 e. The highest BCUT2D eigenvalue weighted by Gasteiger charge is 2.13. The molecule has 0 spiro atoms. The van der Waals surface area contributed by atoms with Gasteiger partial charge in [0.15, 0.2) is 11.5 Å². The van der Waals surface area contributed by atoms with Crippen molar-refractivity contribution in [3.8, 4) is 23.0 Å². The second-order valence-corrected chi connectivity index (χ2v) is 6.15. The zero-order chi connectivity index (χ0) is 19.6. The highest BCUT2D eigenvalue weighted by molar-refractivity contribution is 5.91. The van der Waals surface area contributed by atoms with Gasteiger partial charge in [-0.1, -0.05) is 32.9 Å². The van der Waals surface area contributed by atoms with Crippen LogP contribution in [0.25, 0.3) is 0 Å². The molecule has 0 unspecified atom stereocenters. The highest BCUT2D eigenvalue weighted by Crippen LogP contribution is 2.29. The maximum Gasteiger partial charge on any atom is 0.343 e. The van der Waals surface area contributed by atoms with Crippen molar-refractivity contribution in [2.75, 3.05) is 20.3 Å². The Morgan fingerprint density at radius 2 is 1.78 bits per heavy atom. The lowest BCUT2D eigenvalue weighted by Gasteiger charge is -2.12. The molecule has 0 amide bonds. The summed E-state index contributed by atoms with van der Waals surface area (Å²) in [5, 5.41) is 0. The molecule has 2 rings (SSSR count). The minimum atomic E-state index is -0.475. The van der Waals surface area contributed by atoms with E-state index in [4.69, 9.17) is 18.9 Å². The molecule has 0 bridgehead atoms. The van der Waals surface area contributed by atoms with Crippen LogP contribution in [0.1, 0.15) is 30.6 Å². The van der Waals surface area contributed by atoms with Crippen molar-refractivity contribution in [1.29, 1.82) is 0 Å². The maximum absolute atomic E-state index is 12.4. The first-order chi connectivity index (χ1) is 13.1. The van der Waals surface area contributed by atoms with E-state index in [1.807, 2.05) is 0 Å². The van der Waals surface area contributed by atoms with Gasteiger partial charge in [-0.25, -0.2) is 4.79 Å². The van der Waals surface area contributed by atoms with Crippen molar-refractivity contribution in [2.24, 2.45) is 5.92 Å². The van der Waals surface area contributed by atoms with Crippen LogP contribution in [0, 0.1) is 5.92 Å². The summed E-state index contributed by atoms with van der Waals surface area (Å²) >= 11 is 0. The van der Waals surface area contributed by atoms with Gasteiger partial charge in [-0.05, 0) is 48.4 Å². The number of rotatable bonds is 10. The van der Waals surface area contributed by atoms with Gasteiger partial charge in [-0.3, -0.25) is 0 Å². The van der Waals surface area contributed by atoms with Gasteiger partial charge in [0.05, 0.1) is 19.3 Å². The Morgan fingerprint density at radius 3 is 2.41 bits per heavy atom. The Bertz CT molecular complexity index is 752. The Morgan fingerprint density at radius 1 is 1.07 bits per heavy atom. The molecule has 0 heterocycles. The summed E-state index contributed by atoms with van der Waals surface area (Å²) in [5.74, 6) is 2.21. The zero-order valence-corrected chi connectivity index (χ0v) is 16.1. The molecule has 0 fully saturated rings. The first kappa shape index (κ1) is 20.4. The first-order valence-electron chi connectivity index (χ1n) is 8.94. The Labute approximate surface area is 160 Å². The van der Waals surface area contributed by atoms with Crippen LogP contribution in [-0.2, 0) is 0 Å². The second-order valence-electron chi connectivity index (χ2n) is 6.15. The summed E-state index contributed by atoms with van der Waals surface area (Å²) in [6, 6.07) is 11.9. The third-order valence-corrected chi connectivity index (χ3v) is 4.02. The van der Waals surface area contributed by atoms with Gasteiger partial charge in [-0.2, -0.15) is 0 Å². The third kappa shape index (κ3) is 6.06. The van der Waals surface area contributed by atoms with Crippen LogP contribution in [0.5, 0.6) is 23.0 Å². The van der Waals surface area contributed by atoms with E-state index < -0.39 is 5.97 Å². The molecule has 27 heavy (non-hydrogen) atoms. The summed E-state index contributed by atoms with van der Waals surface area (Å²) in [6.07, 6.45) is 2.70. The number of carbonyl (C=O) groups excluding carboxylic acids is 1. The number of methoxy groups -OCH3 is 1. The average Bonchev–Trinajstić information content (AvgIpc) is 2.71. The molecule has 0 aliphatic carbocycles. The fourth-order valence-electron chi connectivity index (χ4n) is 2.19. The van der Waals surface area contributed by atoms with Gasteiger partial charge in [0.25, 0.3) is 0 Å². The fourth-order valence-corrected chi connectivity index (χ4v) is 2.19. The maximum atomic E-state index is 12.4. The molecule has 0 aromatic heterocycles. The molecule has 0 radical (unpaired) electrons. The van der Waals surface area contributed by atoms with Crippen molar-refractivity contribution in [1.82, 2.24) is 0 Å². The average molecular weight is 370 g/mol. The molecule has 5 heteroatoms. The lowest BCUT2D eigenvalue weighted by atomic mass is 10.1. The summed E-state index contributed by atoms with van der Waals surface area (Å²) in [4.78, 5) is 12.4. The third-order valence-electron chi connectivity index (χ3n) is 4.02. The predicted octanol–water partition coefficient (Wildman–Crippen LogP) is 4.90. The van der Waals surface area contributed by atoms with Crippen molar-refractivity contribution in [3.05, 3.63) is 60.7 Å². The van der Waals surface area contributed by atoms with Gasteiger partial charge in [0.1, 0.15) is 18.1 Å². The number of ether oxygens (including phenoxy) is 4. The van der Waals surface area contributed by atoms with E-state index in [0.717, 1.165) is 12.2 Å². The highest BCUT2D eigenvalue weighted by atomic mass is 16.5. The quantitative estimate of drug-likeness (QED) is 0.338. The van der Waals surface area contributed by atoms with E-state index in [1.165, 1.54) is 7.11 Å². The minimum Gasteiger partial charge on any atom is -0.493 e. The normalized spacial score (nSPS) is 11.4. The standard InChI is InChI=1S/C22H26O5/c1-5-13-25-20-12-7-17(14-21(20)24-4)22(23)27-19-10-8-18(9-11-19)26-15-16(3)6-2/h5,7-12,14,16H,1,6,13,15H2,2-4H3/t16-/m0/s1. The van der Waals surface area contributed by atoms with Crippen LogP contribution in [0.15, 0.2) is 55.1 Å². The van der Waals surface area contributed by atoms with E-state index in [2.05, 4.69) is 20.4 Å². The molecule has 0 N–H and O–H groups in total. The molecule has 1 atom stereocenters. The lowest BCUT2D eigenvalue weighted by molar-refractivity contribution is 0.0734. The zero-order valence-electron chi connectivity index (χ0n) is 16.1. The molecule has 5 nitrogen and oxygen atoms in total. The van der Waals surface area contributed by atoms with E-state index >= 15 is 0 Å². The van der Waals surface area contributed by atoms with E-state index in [0.29, 0.717) is 41.9 Å². The van der Waals surface area contributed by atoms with Crippen LogP contribution in [0.4, 0.5) is 0 Å². The molecule has 2 aromatic carbocycles. The molecular formula is C22H26O5. The first-order valence-corrected chi connectivity index (χ1v) is 8.94. The SMILES string of the molecule is C=CCOc1ccc(C(=O)Oc2ccc(OC[C@@H](C)CC)cc2)cc1OC. The number of carbonyl (C=O) groups is 1. The van der Waals surface area contributed by atoms with E-state index in [1.54, 1.807) is 48.5 Å². The van der Waals surface area contributed by atoms with Crippen molar-refractivity contribution < 1.29 is 23.7 Å². The molecule has 0 saturated carbocycles. The van der Waals surface area contributed by atoms with Gasteiger partial charge < -0.3 is 18.9 Å². The van der Waals surface area contributed by atoms with Crippen LogP contribution >= 0.6 is 0 Å². The van der Waals surface area contributed by atoms with Gasteiger partial charge in [0, 0.05) is 0 Å². The van der Waals surface area contributed by atoms with E-state index in [9.17, 15) is 4.79 Å². The summed E-state index contributed by atoms with van der Waals surface area (Å²) in [5.41, 5.74) is 0.370. The molecule has 144 valence electrons. The molecular weight excluding hydrogens is 344 g/mol. The Hall–Kier alpha value is -2.95. The molecule has 0 saturated heterocycles. The van der Waals surface area contributed by atoms with Crippen LogP contribution in [0.3, 0.4) is 0 Å². The smallest absolute Gasteiger partial charge is 0.343 e. The summed E-state index contributed by atoms with van der Waals surface area (Å²) in [7, 11) is 1.52. The fraction of sp³-hybridized carbons (Fsp3) is 0.318. The number of hydrogen-bond donors (Lipinski definition) is 0. The number of benzene rings is 2. The molecule has 2 aromatic rings. The van der Waals surface area contributed by atoms with E-state index in [-0.39, 0.29) is 0 Å².